The minimum atomic E-state index is -0.965. The van der Waals surface area contributed by atoms with Gasteiger partial charge in [-0.2, -0.15) is 0 Å². The summed E-state index contributed by atoms with van der Waals surface area (Å²) in [7, 11) is 0. The highest BCUT2D eigenvalue weighted by molar-refractivity contribution is 6.43. The number of anilines is 2. The second kappa shape index (κ2) is 8.71. The minimum Gasteiger partial charge on any atom is -0.339 e. The number of amides is 3. The van der Waals surface area contributed by atoms with Crippen LogP contribution in [-0.2, 0) is 14.4 Å². The summed E-state index contributed by atoms with van der Waals surface area (Å²) >= 11 is 17.4. The van der Waals surface area contributed by atoms with E-state index in [9.17, 15) is 14.4 Å². The highest BCUT2D eigenvalue weighted by Crippen LogP contribution is 2.24. The van der Waals surface area contributed by atoms with Crippen molar-refractivity contribution in [2.24, 2.45) is 0 Å². The summed E-state index contributed by atoms with van der Waals surface area (Å²) in [6, 6.07) is 10.9. The van der Waals surface area contributed by atoms with Gasteiger partial charge in [-0.3, -0.25) is 14.4 Å². The molecule has 0 saturated carbocycles. The Kier molecular flexibility index (Phi) is 6.64. The van der Waals surface area contributed by atoms with Gasteiger partial charge in [-0.25, -0.2) is 0 Å². The molecule has 0 aliphatic rings. The van der Waals surface area contributed by atoms with Gasteiger partial charge >= 0.3 is 11.8 Å². The lowest BCUT2D eigenvalue weighted by Crippen LogP contribution is -2.39. The lowest BCUT2D eigenvalue weighted by atomic mass is 10.3. The number of carbonyl (C=O) groups excluding carboxylic acids is 3. The predicted molar refractivity (Wildman–Crippen MR) is 98.2 cm³/mol. The number of benzene rings is 2. The second-order valence-corrected chi connectivity index (χ2v) is 6.08. The molecule has 3 amide bonds. The van der Waals surface area contributed by atoms with E-state index >= 15 is 0 Å². The molecule has 0 saturated heterocycles. The zero-order valence-corrected chi connectivity index (χ0v) is 14.9. The van der Waals surface area contributed by atoms with Gasteiger partial charge < -0.3 is 16.0 Å². The van der Waals surface area contributed by atoms with Crippen LogP contribution in [0.4, 0.5) is 11.4 Å². The van der Waals surface area contributed by atoms with Crippen LogP contribution in [0.15, 0.2) is 42.5 Å². The monoisotopic (exact) mass is 399 g/mol. The molecular formula is C16H12Cl3N3O3. The maximum atomic E-state index is 11.8. The largest absolute Gasteiger partial charge is 0.339 e. The van der Waals surface area contributed by atoms with E-state index in [1.807, 2.05) is 0 Å². The molecule has 0 atom stereocenters. The third-order valence-corrected chi connectivity index (χ3v) is 3.88. The Labute approximate surface area is 158 Å². The SMILES string of the molecule is O=C(CNC(=O)C(=O)Nc1ccc(Cl)c(Cl)c1)Nc1cccc(Cl)c1. The van der Waals surface area contributed by atoms with Crippen LogP contribution in [0.25, 0.3) is 0 Å². The third-order valence-electron chi connectivity index (χ3n) is 2.90. The van der Waals surface area contributed by atoms with Gasteiger partial charge in [0.05, 0.1) is 16.6 Å². The van der Waals surface area contributed by atoms with E-state index in [1.54, 1.807) is 24.3 Å². The van der Waals surface area contributed by atoms with E-state index < -0.39 is 17.7 Å². The first-order chi connectivity index (χ1) is 11.8. The van der Waals surface area contributed by atoms with Gasteiger partial charge in [0.1, 0.15) is 0 Å². The number of halogens is 3. The van der Waals surface area contributed by atoms with Crippen molar-refractivity contribution in [1.29, 1.82) is 0 Å². The van der Waals surface area contributed by atoms with Crippen LogP contribution >= 0.6 is 34.8 Å². The smallest absolute Gasteiger partial charge is 0.313 e. The van der Waals surface area contributed by atoms with Gasteiger partial charge in [0, 0.05) is 16.4 Å². The number of rotatable bonds is 4. The second-order valence-electron chi connectivity index (χ2n) is 4.82. The van der Waals surface area contributed by atoms with Crippen LogP contribution in [-0.4, -0.2) is 24.3 Å². The number of nitrogens with one attached hydrogen (secondary N) is 3. The fourth-order valence-corrected chi connectivity index (χ4v) is 2.26. The molecule has 6 nitrogen and oxygen atoms in total. The average molecular weight is 401 g/mol. The summed E-state index contributed by atoms with van der Waals surface area (Å²) in [6.45, 7) is -0.375. The fraction of sp³-hybridized carbons (Fsp3) is 0.0625. The Balaban J connectivity index is 1.83. The summed E-state index contributed by atoms with van der Waals surface area (Å²) < 4.78 is 0. The molecule has 9 heteroatoms. The van der Waals surface area contributed by atoms with E-state index in [0.29, 0.717) is 21.4 Å². The zero-order chi connectivity index (χ0) is 18.4. The first kappa shape index (κ1) is 19.1. The normalized spacial score (nSPS) is 10.0. The quantitative estimate of drug-likeness (QED) is 0.688. The van der Waals surface area contributed by atoms with E-state index in [1.165, 1.54) is 18.2 Å². The fourth-order valence-electron chi connectivity index (χ4n) is 1.77. The molecule has 0 aliphatic carbocycles. The summed E-state index contributed by atoms with van der Waals surface area (Å²) in [4.78, 5) is 35.3. The number of carbonyl (C=O) groups is 3. The molecule has 3 N–H and O–H groups in total. The highest BCUT2D eigenvalue weighted by atomic mass is 35.5. The summed E-state index contributed by atoms with van der Waals surface area (Å²) in [6.07, 6.45) is 0. The Hall–Kier alpha value is -2.28. The van der Waals surface area contributed by atoms with Crippen molar-refractivity contribution in [3.05, 3.63) is 57.5 Å². The standard InChI is InChI=1S/C16H12Cl3N3O3/c17-9-2-1-3-10(6-9)21-14(23)8-20-15(24)16(25)22-11-4-5-12(18)13(19)7-11/h1-7H,8H2,(H,20,24)(H,21,23)(H,22,25). The van der Waals surface area contributed by atoms with Crippen molar-refractivity contribution >= 4 is 63.9 Å². The maximum Gasteiger partial charge on any atom is 0.313 e. The van der Waals surface area contributed by atoms with Gasteiger partial charge in [0.25, 0.3) is 0 Å². The lowest BCUT2D eigenvalue weighted by Gasteiger charge is -2.08. The van der Waals surface area contributed by atoms with Crippen LogP contribution in [0, 0.1) is 0 Å². The number of hydrogen-bond donors (Lipinski definition) is 3. The first-order valence-electron chi connectivity index (χ1n) is 6.95. The van der Waals surface area contributed by atoms with Crippen molar-refractivity contribution < 1.29 is 14.4 Å². The summed E-state index contributed by atoms with van der Waals surface area (Å²) in [5.74, 6) is -2.40. The zero-order valence-electron chi connectivity index (χ0n) is 12.6. The van der Waals surface area contributed by atoms with Crippen LogP contribution in [0.3, 0.4) is 0 Å². The molecule has 0 aromatic heterocycles. The van der Waals surface area contributed by atoms with Crippen LogP contribution in [0.1, 0.15) is 0 Å². The molecule has 0 bridgehead atoms. The highest BCUT2D eigenvalue weighted by Gasteiger charge is 2.15. The molecule has 130 valence electrons. The van der Waals surface area contributed by atoms with E-state index in [4.69, 9.17) is 34.8 Å². The molecule has 0 fully saturated rings. The number of hydrogen-bond acceptors (Lipinski definition) is 3. The molecule has 2 rings (SSSR count). The Morgan fingerprint density at radius 1 is 0.800 bits per heavy atom. The lowest BCUT2D eigenvalue weighted by molar-refractivity contribution is -0.136. The maximum absolute atomic E-state index is 11.8. The summed E-state index contributed by atoms with van der Waals surface area (Å²) in [5.41, 5.74) is 0.782. The van der Waals surface area contributed by atoms with Gasteiger partial charge in [-0.15, -0.1) is 0 Å². The van der Waals surface area contributed by atoms with Gasteiger partial charge in [-0.1, -0.05) is 40.9 Å². The average Bonchev–Trinajstić information content (AvgIpc) is 2.56. The summed E-state index contributed by atoms with van der Waals surface area (Å²) in [5, 5.41) is 8.11. The molecule has 0 aliphatic heterocycles. The van der Waals surface area contributed by atoms with E-state index in [-0.39, 0.29) is 11.6 Å². The molecular weight excluding hydrogens is 389 g/mol. The minimum absolute atomic E-state index is 0.237. The van der Waals surface area contributed by atoms with Crippen molar-refractivity contribution in [2.45, 2.75) is 0 Å². The van der Waals surface area contributed by atoms with Gasteiger partial charge in [0.2, 0.25) is 5.91 Å². The molecule has 2 aromatic rings. The van der Waals surface area contributed by atoms with Crippen LogP contribution in [0.2, 0.25) is 15.1 Å². The van der Waals surface area contributed by atoms with E-state index in [2.05, 4.69) is 16.0 Å². The topological polar surface area (TPSA) is 87.3 Å². The third kappa shape index (κ3) is 5.94. The Morgan fingerprint density at radius 3 is 2.20 bits per heavy atom. The van der Waals surface area contributed by atoms with E-state index in [0.717, 1.165) is 0 Å². The van der Waals surface area contributed by atoms with Crippen LogP contribution < -0.4 is 16.0 Å². The van der Waals surface area contributed by atoms with Crippen molar-refractivity contribution in [3.8, 4) is 0 Å². The molecule has 0 spiro atoms. The molecule has 25 heavy (non-hydrogen) atoms. The molecule has 2 aromatic carbocycles. The van der Waals surface area contributed by atoms with Crippen molar-refractivity contribution in [3.63, 3.8) is 0 Å². The van der Waals surface area contributed by atoms with Crippen LogP contribution in [0.5, 0.6) is 0 Å². The Morgan fingerprint density at radius 2 is 1.52 bits per heavy atom. The predicted octanol–water partition coefficient (Wildman–Crippen LogP) is 3.34. The van der Waals surface area contributed by atoms with Crippen molar-refractivity contribution in [2.75, 3.05) is 17.2 Å². The van der Waals surface area contributed by atoms with Crippen molar-refractivity contribution in [1.82, 2.24) is 5.32 Å². The molecule has 0 unspecified atom stereocenters. The van der Waals surface area contributed by atoms with Gasteiger partial charge in [-0.05, 0) is 36.4 Å². The van der Waals surface area contributed by atoms with Gasteiger partial charge in [0.15, 0.2) is 0 Å². The first-order valence-corrected chi connectivity index (χ1v) is 8.08. The Bertz CT molecular complexity index is 827. The molecule has 0 heterocycles. The molecule has 0 radical (unpaired) electrons.